The number of para-hydroxylation sites is 1. The first-order valence-electron chi connectivity index (χ1n) is 6.67. The Bertz CT molecular complexity index is 403. The van der Waals surface area contributed by atoms with Crippen LogP contribution in [0.5, 0.6) is 5.75 Å². The molecule has 3 heteroatoms. The maximum Gasteiger partial charge on any atom is 0.122 e. The first kappa shape index (κ1) is 13.4. The molecular formula is C15H24N2O. The lowest BCUT2D eigenvalue weighted by molar-refractivity contribution is 0.140. The molecule has 0 spiro atoms. The van der Waals surface area contributed by atoms with E-state index in [4.69, 9.17) is 10.5 Å². The molecule has 1 aromatic rings. The number of fused-ring (bicyclic) bond motifs is 1. The molecular weight excluding hydrogens is 224 g/mol. The minimum atomic E-state index is 0.0489. The maximum absolute atomic E-state index is 5.84. The molecule has 100 valence electrons. The van der Waals surface area contributed by atoms with E-state index in [0.717, 1.165) is 25.3 Å². The molecule has 1 aromatic carbocycles. The molecule has 0 aliphatic carbocycles. The number of rotatable bonds is 4. The molecule has 1 heterocycles. The largest absolute Gasteiger partial charge is 0.493 e. The van der Waals surface area contributed by atoms with Crippen LogP contribution < -0.4 is 10.5 Å². The molecule has 0 bridgehead atoms. The summed E-state index contributed by atoms with van der Waals surface area (Å²) < 4.78 is 5.70. The Labute approximate surface area is 110 Å². The van der Waals surface area contributed by atoms with Gasteiger partial charge in [0.05, 0.1) is 6.61 Å². The molecule has 1 aliphatic heterocycles. The van der Waals surface area contributed by atoms with Gasteiger partial charge >= 0.3 is 0 Å². The van der Waals surface area contributed by atoms with Crippen LogP contribution in [0.3, 0.4) is 0 Å². The fourth-order valence-electron chi connectivity index (χ4n) is 2.34. The maximum atomic E-state index is 5.84. The molecule has 0 saturated heterocycles. The summed E-state index contributed by atoms with van der Waals surface area (Å²) in [7, 11) is 2.16. The summed E-state index contributed by atoms with van der Waals surface area (Å²) in [5, 5.41) is 0. The molecule has 1 aliphatic rings. The van der Waals surface area contributed by atoms with E-state index in [1.54, 1.807) is 0 Å². The van der Waals surface area contributed by atoms with Crippen LogP contribution in [-0.2, 0) is 0 Å². The number of likely N-dealkylation sites (N-methyl/N-ethyl adjacent to an activating group) is 1. The lowest BCUT2D eigenvalue weighted by Gasteiger charge is -2.38. The van der Waals surface area contributed by atoms with Gasteiger partial charge in [-0.15, -0.1) is 0 Å². The molecule has 0 amide bonds. The average molecular weight is 248 g/mol. The van der Waals surface area contributed by atoms with Gasteiger partial charge in [0.15, 0.2) is 0 Å². The van der Waals surface area contributed by atoms with Gasteiger partial charge in [0.2, 0.25) is 0 Å². The first-order chi connectivity index (χ1) is 8.54. The van der Waals surface area contributed by atoms with Gasteiger partial charge in [0.1, 0.15) is 5.75 Å². The van der Waals surface area contributed by atoms with Crippen LogP contribution in [-0.4, -0.2) is 37.2 Å². The highest BCUT2D eigenvalue weighted by Crippen LogP contribution is 2.34. The summed E-state index contributed by atoms with van der Waals surface area (Å²) in [4.78, 5) is 2.36. The van der Waals surface area contributed by atoms with Crippen molar-refractivity contribution < 1.29 is 4.74 Å². The quantitative estimate of drug-likeness (QED) is 0.888. The topological polar surface area (TPSA) is 38.5 Å². The van der Waals surface area contributed by atoms with Crippen LogP contribution in [0.4, 0.5) is 0 Å². The van der Waals surface area contributed by atoms with E-state index in [2.05, 4.69) is 44.0 Å². The monoisotopic (exact) mass is 248 g/mol. The molecule has 0 fully saturated rings. The summed E-state index contributed by atoms with van der Waals surface area (Å²) in [5.74, 6) is 1.60. The summed E-state index contributed by atoms with van der Waals surface area (Å²) in [5.41, 5.74) is 7.23. The fourth-order valence-corrected chi connectivity index (χ4v) is 2.34. The average Bonchev–Trinajstić information content (AvgIpc) is 2.39. The standard InChI is InChI=1S/C15H24N2O/c1-15(2,11-16)17(3)10-12-8-9-18-14-7-5-4-6-13(12)14/h4-7,12H,8-11,16H2,1-3H3. The highest BCUT2D eigenvalue weighted by Gasteiger charge is 2.27. The van der Waals surface area contributed by atoms with Crippen LogP contribution in [0.2, 0.25) is 0 Å². The lowest BCUT2D eigenvalue weighted by atomic mass is 9.91. The van der Waals surface area contributed by atoms with Crippen molar-refractivity contribution in [3.8, 4) is 5.75 Å². The van der Waals surface area contributed by atoms with Crippen LogP contribution in [0.1, 0.15) is 31.7 Å². The van der Waals surface area contributed by atoms with Gasteiger partial charge in [-0.05, 0) is 38.9 Å². The van der Waals surface area contributed by atoms with E-state index in [1.165, 1.54) is 5.56 Å². The Morgan fingerprint density at radius 1 is 1.39 bits per heavy atom. The van der Waals surface area contributed by atoms with Gasteiger partial charge in [0, 0.05) is 24.5 Å². The van der Waals surface area contributed by atoms with E-state index < -0.39 is 0 Å². The number of benzene rings is 1. The number of hydrogen-bond donors (Lipinski definition) is 1. The second kappa shape index (κ2) is 5.29. The molecule has 0 radical (unpaired) electrons. The summed E-state index contributed by atoms with van der Waals surface area (Å²) >= 11 is 0. The Hall–Kier alpha value is -1.06. The number of ether oxygens (including phenoxy) is 1. The summed E-state index contributed by atoms with van der Waals surface area (Å²) in [6.45, 7) is 6.91. The Morgan fingerprint density at radius 3 is 2.83 bits per heavy atom. The van der Waals surface area contributed by atoms with Crippen molar-refractivity contribution in [2.24, 2.45) is 5.73 Å². The predicted molar refractivity (Wildman–Crippen MR) is 75.1 cm³/mol. The Kier molecular flexibility index (Phi) is 3.93. The number of nitrogens with zero attached hydrogens (tertiary/aromatic N) is 1. The third-order valence-electron chi connectivity index (χ3n) is 4.11. The minimum Gasteiger partial charge on any atom is -0.493 e. The fraction of sp³-hybridized carbons (Fsp3) is 0.600. The molecule has 18 heavy (non-hydrogen) atoms. The van der Waals surface area contributed by atoms with E-state index in [1.807, 2.05) is 6.07 Å². The summed E-state index contributed by atoms with van der Waals surface area (Å²) in [6.07, 6.45) is 1.09. The van der Waals surface area contributed by atoms with Crippen LogP contribution in [0.25, 0.3) is 0 Å². The van der Waals surface area contributed by atoms with E-state index in [9.17, 15) is 0 Å². The van der Waals surface area contributed by atoms with Gasteiger partial charge in [-0.1, -0.05) is 18.2 Å². The van der Waals surface area contributed by atoms with Crippen molar-refractivity contribution in [1.29, 1.82) is 0 Å². The zero-order valence-electron chi connectivity index (χ0n) is 11.6. The third kappa shape index (κ3) is 2.68. The number of nitrogens with two attached hydrogens (primary N) is 1. The molecule has 2 N–H and O–H groups in total. The highest BCUT2D eigenvalue weighted by molar-refractivity contribution is 5.38. The van der Waals surface area contributed by atoms with Gasteiger partial charge in [-0.2, -0.15) is 0 Å². The molecule has 1 unspecified atom stereocenters. The van der Waals surface area contributed by atoms with E-state index >= 15 is 0 Å². The van der Waals surface area contributed by atoms with Crippen molar-refractivity contribution in [3.63, 3.8) is 0 Å². The normalized spacial score (nSPS) is 19.5. The molecule has 0 aromatic heterocycles. The molecule has 1 atom stereocenters. The SMILES string of the molecule is CN(CC1CCOc2ccccc21)C(C)(C)CN. The Balaban J connectivity index is 2.12. The van der Waals surface area contributed by atoms with Crippen molar-refractivity contribution in [3.05, 3.63) is 29.8 Å². The third-order valence-corrected chi connectivity index (χ3v) is 4.11. The highest BCUT2D eigenvalue weighted by atomic mass is 16.5. The van der Waals surface area contributed by atoms with Crippen molar-refractivity contribution in [2.75, 3.05) is 26.7 Å². The van der Waals surface area contributed by atoms with E-state index in [-0.39, 0.29) is 5.54 Å². The minimum absolute atomic E-state index is 0.0489. The van der Waals surface area contributed by atoms with Crippen molar-refractivity contribution in [2.45, 2.75) is 31.7 Å². The van der Waals surface area contributed by atoms with Gasteiger partial charge < -0.3 is 10.5 Å². The van der Waals surface area contributed by atoms with Gasteiger partial charge in [-0.3, -0.25) is 4.90 Å². The van der Waals surface area contributed by atoms with Crippen LogP contribution in [0, 0.1) is 0 Å². The number of hydrogen-bond acceptors (Lipinski definition) is 3. The van der Waals surface area contributed by atoms with Crippen molar-refractivity contribution in [1.82, 2.24) is 4.90 Å². The zero-order chi connectivity index (χ0) is 13.2. The lowest BCUT2D eigenvalue weighted by Crippen LogP contribution is -2.48. The van der Waals surface area contributed by atoms with E-state index in [0.29, 0.717) is 12.5 Å². The predicted octanol–water partition coefficient (Wildman–Crippen LogP) is 2.22. The summed E-state index contributed by atoms with van der Waals surface area (Å²) in [6, 6.07) is 8.38. The zero-order valence-corrected chi connectivity index (χ0v) is 11.6. The Morgan fingerprint density at radius 2 is 2.11 bits per heavy atom. The molecule has 0 saturated carbocycles. The van der Waals surface area contributed by atoms with Gasteiger partial charge in [0.25, 0.3) is 0 Å². The molecule has 3 nitrogen and oxygen atoms in total. The second-order valence-corrected chi connectivity index (χ2v) is 5.77. The second-order valence-electron chi connectivity index (χ2n) is 5.77. The smallest absolute Gasteiger partial charge is 0.122 e. The van der Waals surface area contributed by atoms with Crippen molar-refractivity contribution >= 4 is 0 Å². The first-order valence-corrected chi connectivity index (χ1v) is 6.67. The van der Waals surface area contributed by atoms with Gasteiger partial charge in [-0.25, -0.2) is 0 Å². The van der Waals surface area contributed by atoms with Crippen LogP contribution in [0.15, 0.2) is 24.3 Å². The molecule has 2 rings (SSSR count). The van der Waals surface area contributed by atoms with Crippen LogP contribution >= 0.6 is 0 Å².